The molecule has 526 valence electrons. The third-order valence-corrected chi connectivity index (χ3v) is 12.8. The summed E-state index contributed by atoms with van der Waals surface area (Å²) < 4.78 is 15.9. The highest BCUT2D eigenvalue weighted by Gasteiger charge is 2.39. The molecule has 1 aromatic carbocycles. The summed E-state index contributed by atoms with van der Waals surface area (Å²) in [7, 11) is 1.00. The number of amides is 4. The number of Topliss-reactive ketones (excluding diaryl/α,β-unsaturated/α-hetero) is 4. The highest BCUT2D eigenvalue weighted by Crippen LogP contribution is 2.25. The number of nitrogens with two attached hydrogens (primary N) is 3. The Morgan fingerprint density at radius 2 is 0.882 bits per heavy atom. The number of benzene rings is 1. The van der Waals surface area contributed by atoms with Crippen LogP contribution in [0.1, 0.15) is 214 Å². The van der Waals surface area contributed by atoms with Crippen LogP contribution in [0.4, 0.5) is 0 Å². The first-order chi connectivity index (χ1) is 43.3. The Kier molecular flexibility index (Phi) is 48.8. The molecule has 0 spiro atoms. The highest BCUT2D eigenvalue weighted by molar-refractivity contribution is 6.20. The van der Waals surface area contributed by atoms with E-state index in [9.17, 15) is 47.9 Å². The summed E-state index contributed by atoms with van der Waals surface area (Å²) in [6.07, 6.45) is 1.87. The number of hydroxylamine groups is 2. The van der Waals surface area contributed by atoms with E-state index in [4.69, 9.17) is 30.4 Å². The van der Waals surface area contributed by atoms with Gasteiger partial charge < -0.3 is 40.5 Å². The second kappa shape index (κ2) is 50.4. The van der Waals surface area contributed by atoms with Crippen LogP contribution in [0, 0.1) is 47.3 Å². The van der Waals surface area contributed by atoms with E-state index in [0.29, 0.717) is 97.4 Å². The Hall–Kier alpha value is -7.14. The van der Waals surface area contributed by atoms with Crippen LogP contribution in [-0.2, 0) is 43.1 Å². The Bertz CT molecular complexity index is 2600. The second-order valence-corrected chi connectivity index (χ2v) is 25.0. The van der Waals surface area contributed by atoms with Gasteiger partial charge in [0.1, 0.15) is 36.8 Å². The van der Waals surface area contributed by atoms with E-state index in [1.807, 2.05) is 83.1 Å². The maximum Gasteiger partial charge on any atom is 0.354 e. The van der Waals surface area contributed by atoms with E-state index in [1.54, 1.807) is 30.3 Å². The number of pyridine rings is 2. The molecule has 0 saturated heterocycles. The lowest BCUT2D eigenvalue weighted by molar-refractivity contribution is -0.162. The summed E-state index contributed by atoms with van der Waals surface area (Å²) in [5.41, 5.74) is 0.636. The van der Waals surface area contributed by atoms with Gasteiger partial charge in [-0.25, -0.2) is 25.5 Å². The van der Waals surface area contributed by atoms with Crippen molar-refractivity contribution in [3.05, 3.63) is 88.9 Å². The van der Waals surface area contributed by atoms with Crippen LogP contribution in [-0.4, -0.2) is 148 Å². The number of rotatable bonds is 36. The molecule has 26 heteroatoms. The minimum absolute atomic E-state index is 0. The van der Waals surface area contributed by atoms with Crippen molar-refractivity contribution >= 4 is 59.2 Å². The van der Waals surface area contributed by atoms with Gasteiger partial charge >= 0.3 is 5.97 Å². The molecule has 0 bridgehead atoms. The maximum atomic E-state index is 12.8. The monoisotopic (exact) mass is 1310 g/mol. The molecule has 3 aromatic rings. The first-order valence-corrected chi connectivity index (χ1v) is 31.3. The van der Waals surface area contributed by atoms with Crippen LogP contribution in [0.2, 0.25) is 0 Å². The number of carboxylic acid groups (broad SMARTS) is 1. The van der Waals surface area contributed by atoms with Crippen LogP contribution >= 0.6 is 0 Å². The minimum Gasteiger partial charge on any atom is -0.477 e. The largest absolute Gasteiger partial charge is 0.477 e. The zero-order chi connectivity index (χ0) is 70.8. The molecule has 0 aliphatic carbocycles. The highest BCUT2D eigenvalue weighted by atomic mass is 16.7. The zero-order valence-electron chi connectivity index (χ0n) is 57.9. The van der Waals surface area contributed by atoms with E-state index in [1.165, 1.54) is 30.3 Å². The molecule has 4 amide bonds. The summed E-state index contributed by atoms with van der Waals surface area (Å²) >= 11 is 0. The summed E-state index contributed by atoms with van der Waals surface area (Å²) in [5.74, 6) is 12.2. The molecule has 0 fully saturated rings. The molecule has 2 aromatic heterocycles. The molecule has 12 N–H and O–H groups in total. The van der Waals surface area contributed by atoms with Crippen molar-refractivity contribution in [2.75, 3.05) is 33.4 Å². The summed E-state index contributed by atoms with van der Waals surface area (Å²) in [5, 5.41) is 21.8. The fraction of sp³-hybridized carbons (Fsp3) is 0.612. The Morgan fingerprint density at radius 3 is 1.24 bits per heavy atom. The average molecular weight is 1320 g/mol. The topological polar surface area (TPSA) is 420 Å². The number of carboxylic acids is 1. The minimum atomic E-state index is -1.16. The van der Waals surface area contributed by atoms with Crippen molar-refractivity contribution in [3.8, 4) is 5.88 Å². The number of hydrogen-bond acceptors (Lipinski definition) is 21. The van der Waals surface area contributed by atoms with Crippen molar-refractivity contribution in [1.82, 2.24) is 25.7 Å². The van der Waals surface area contributed by atoms with E-state index in [2.05, 4.69) is 69.6 Å². The van der Waals surface area contributed by atoms with Gasteiger partial charge in [0.15, 0.2) is 29.5 Å². The molecular formula is C67H110N8O18. The van der Waals surface area contributed by atoms with Crippen molar-refractivity contribution in [2.24, 2.45) is 64.9 Å². The number of aliphatic hydroxyl groups excluding tert-OH is 1. The summed E-state index contributed by atoms with van der Waals surface area (Å²) in [6, 6.07) is 15.3. The number of aromatic nitrogens is 2. The normalized spacial score (nSPS) is 12.7. The Morgan fingerprint density at radius 1 is 0.516 bits per heavy atom. The smallest absolute Gasteiger partial charge is 0.354 e. The molecule has 0 saturated carbocycles. The zero-order valence-corrected chi connectivity index (χ0v) is 57.9. The number of ketones is 4. The first-order valence-electron chi connectivity index (χ1n) is 31.3. The molecule has 26 nitrogen and oxygen atoms in total. The molecule has 93 heavy (non-hydrogen) atoms. The summed E-state index contributed by atoms with van der Waals surface area (Å²) in [6.45, 7) is 33.1. The number of nitrogens with one attached hydrogen (secondary N) is 2. The summed E-state index contributed by atoms with van der Waals surface area (Å²) in [4.78, 5) is 138. The van der Waals surface area contributed by atoms with Gasteiger partial charge in [-0.3, -0.25) is 59.7 Å². The Balaban J connectivity index is -0.00000125. The fourth-order valence-electron chi connectivity index (χ4n) is 8.03. The second-order valence-electron chi connectivity index (χ2n) is 25.0. The van der Waals surface area contributed by atoms with E-state index >= 15 is 0 Å². The van der Waals surface area contributed by atoms with E-state index in [0.717, 1.165) is 20.0 Å². The van der Waals surface area contributed by atoms with E-state index in [-0.39, 0.29) is 89.3 Å². The van der Waals surface area contributed by atoms with Gasteiger partial charge in [0.2, 0.25) is 17.4 Å². The first kappa shape index (κ1) is 90.1. The molecule has 0 radical (unpaired) electrons. The van der Waals surface area contributed by atoms with Gasteiger partial charge in [0, 0.05) is 39.1 Å². The lowest BCUT2D eigenvalue weighted by Gasteiger charge is -2.23. The van der Waals surface area contributed by atoms with Gasteiger partial charge in [-0.05, 0) is 116 Å². The number of hydrogen-bond donors (Lipinski definition) is 7. The third kappa shape index (κ3) is 38.6. The molecule has 4 atom stereocenters. The molecule has 0 unspecified atom stereocenters. The fourth-order valence-corrected chi connectivity index (χ4v) is 8.03. The standard InChI is InChI=1S/C31H49NO6.C18H24N2O4.C10H22N2O2.C7H5NO4.CH4O.H4N2.H2O/c1-20(2)12-14-26(33)30(16-22(5)6)37-18-28(35)24-10-9-11-25(32-24)29(36)19-38-31(17-23(7)8)27(34)15-13-21(3)4;1-11(2)9-15(16(21)19-10-12(3)4)24-20-17(22)13-7-5-6-8-14(13)18(20)23;1-7(2)5-9(14-11)10(13)12-6-8(3)4;9-4-12-6-3-1-2-5(8-6)7(10)11;2*1-2;/h9-11,20-23,30-31H,12-19H2,1-8H3;5-8,11-12,15H,9-10H2,1-4H3,(H,19,21);7-9H,5-6,11H2,1-4H3,(H,12,13);1-4H,(H,10,11);2H,1H3;1-2H2;1H2/t30-,31-;15-;9-;;;;/m111..../s1. The van der Waals surface area contributed by atoms with Crippen molar-refractivity contribution < 1.29 is 87.5 Å². The number of imide groups is 1. The predicted octanol–water partition coefficient (Wildman–Crippen LogP) is 7.70. The lowest BCUT2D eigenvalue weighted by atomic mass is 9.97. The SMILES string of the molecule is CC(C)CCC(=O)[C@@H](CC(C)C)OCC(=O)c1cccc(C(=O)CO[C@H](CC(C)C)C(=O)CCC(C)C)n1.CC(C)CNC(=O)[C@@H](CC(C)C)ON.CC(C)CNC(=O)[C@@H](CC(C)C)ON1C(=O)c2ccccc2C1=O.CO.NN.O.O=COc1cccc(C(=O)O)n1. The predicted molar refractivity (Wildman–Crippen MR) is 353 cm³/mol. The number of nitrogens with zero attached hydrogens (tertiary/aromatic N) is 3. The molecular weight excluding hydrogens is 1200 g/mol. The van der Waals surface area contributed by atoms with Gasteiger partial charge in [0.05, 0.1) is 11.1 Å². The molecule has 3 heterocycles. The number of aromatic carboxylic acids is 1. The van der Waals surface area contributed by atoms with Crippen LogP contribution in [0.25, 0.3) is 0 Å². The molecule has 1 aliphatic rings. The number of carbonyl (C=O) groups is 10. The van der Waals surface area contributed by atoms with Gasteiger partial charge in [0.25, 0.3) is 30.1 Å². The van der Waals surface area contributed by atoms with Crippen molar-refractivity contribution in [3.63, 3.8) is 0 Å². The number of ether oxygens (including phenoxy) is 3. The molecule has 1 aliphatic heterocycles. The Labute approximate surface area is 550 Å². The van der Waals surface area contributed by atoms with Crippen LogP contribution < -0.4 is 33.0 Å². The van der Waals surface area contributed by atoms with Crippen molar-refractivity contribution in [2.45, 2.75) is 187 Å². The number of carbonyl (C=O) groups excluding carboxylic acids is 9. The van der Waals surface area contributed by atoms with Crippen molar-refractivity contribution in [1.29, 1.82) is 0 Å². The number of hydrazine groups is 1. The van der Waals surface area contributed by atoms with E-state index < -0.39 is 53.8 Å². The van der Waals surface area contributed by atoms with Gasteiger partial charge in [-0.1, -0.05) is 135 Å². The van der Waals surface area contributed by atoms with Crippen LogP contribution in [0.15, 0.2) is 60.7 Å². The van der Waals surface area contributed by atoms with Crippen LogP contribution in [0.3, 0.4) is 0 Å². The lowest BCUT2D eigenvalue weighted by Crippen LogP contribution is -2.44. The average Bonchev–Trinajstić information content (AvgIpc) is 1.65. The van der Waals surface area contributed by atoms with Gasteiger partial charge in [-0.15, -0.1) is 5.06 Å². The number of aliphatic hydroxyl groups is 1. The van der Waals surface area contributed by atoms with Gasteiger partial charge in [-0.2, -0.15) is 0 Å². The third-order valence-electron chi connectivity index (χ3n) is 12.8. The van der Waals surface area contributed by atoms with Crippen LogP contribution in [0.5, 0.6) is 5.88 Å². The number of fused-ring (bicyclic) bond motifs is 1. The maximum absolute atomic E-state index is 12.8. The quantitative estimate of drug-likeness (QED) is 0.00963. The molecule has 4 rings (SSSR count).